The summed E-state index contributed by atoms with van der Waals surface area (Å²) in [6.07, 6.45) is 1.54. The molecule has 2 heterocycles. The van der Waals surface area contributed by atoms with Crippen molar-refractivity contribution in [1.82, 2.24) is 19.7 Å². The molecule has 1 aromatic carbocycles. The molecule has 3 rings (SSSR count). The molecule has 0 aliphatic rings. The number of fused-ring (bicyclic) bond motifs is 1. The Morgan fingerprint density at radius 3 is 2.68 bits per heavy atom. The molecule has 0 aliphatic carbocycles. The van der Waals surface area contributed by atoms with Crippen molar-refractivity contribution >= 4 is 10.9 Å². The summed E-state index contributed by atoms with van der Waals surface area (Å²) in [5, 5.41) is 4.58. The van der Waals surface area contributed by atoms with Crippen molar-refractivity contribution in [3.63, 3.8) is 0 Å². The molecule has 3 aromatic rings. The number of hydrogen-bond acceptors (Lipinski definition) is 5. The molecule has 22 heavy (non-hydrogen) atoms. The fourth-order valence-electron chi connectivity index (χ4n) is 2.39. The van der Waals surface area contributed by atoms with E-state index in [1.165, 1.54) is 10.9 Å². The van der Waals surface area contributed by atoms with Crippen molar-refractivity contribution in [3.05, 3.63) is 52.2 Å². The molecule has 1 unspecified atom stereocenters. The van der Waals surface area contributed by atoms with Gasteiger partial charge in [0.25, 0.3) is 5.56 Å². The Hall–Kier alpha value is -2.50. The Labute approximate surface area is 127 Å². The quantitative estimate of drug-likeness (QED) is 0.743. The van der Waals surface area contributed by atoms with Gasteiger partial charge in [0.1, 0.15) is 6.04 Å². The lowest BCUT2D eigenvalue weighted by atomic mass is 10.1. The lowest BCUT2D eigenvalue weighted by Gasteiger charge is -2.12. The molecule has 0 amide bonds. The molecule has 1 atom stereocenters. The van der Waals surface area contributed by atoms with Crippen LogP contribution in [-0.4, -0.2) is 19.7 Å². The second-order valence-electron chi connectivity index (χ2n) is 5.75. The first-order valence-corrected chi connectivity index (χ1v) is 7.29. The minimum Gasteiger partial charge on any atom is -0.337 e. The molecule has 0 spiro atoms. The highest BCUT2D eigenvalue weighted by Crippen LogP contribution is 2.19. The van der Waals surface area contributed by atoms with E-state index in [0.717, 1.165) is 5.56 Å². The molecule has 0 aliphatic heterocycles. The van der Waals surface area contributed by atoms with Crippen LogP contribution < -0.4 is 5.56 Å². The Balaban J connectivity index is 2.11. The molecule has 6 heteroatoms. The van der Waals surface area contributed by atoms with E-state index in [4.69, 9.17) is 4.52 Å². The van der Waals surface area contributed by atoms with Crippen molar-refractivity contribution in [3.8, 4) is 0 Å². The van der Waals surface area contributed by atoms with E-state index in [0.29, 0.717) is 22.6 Å². The molecule has 0 saturated heterocycles. The predicted octanol–water partition coefficient (Wildman–Crippen LogP) is 2.82. The van der Waals surface area contributed by atoms with Crippen LogP contribution >= 0.6 is 0 Å². The van der Waals surface area contributed by atoms with Gasteiger partial charge in [-0.3, -0.25) is 9.36 Å². The maximum Gasteiger partial charge on any atom is 0.262 e. The zero-order valence-corrected chi connectivity index (χ0v) is 13.1. The summed E-state index contributed by atoms with van der Waals surface area (Å²) in [5.74, 6) is 1.23. The number of nitrogens with zero attached hydrogens (tertiary/aromatic N) is 4. The van der Waals surface area contributed by atoms with Gasteiger partial charge in [0.05, 0.1) is 17.2 Å². The van der Waals surface area contributed by atoms with E-state index >= 15 is 0 Å². The van der Waals surface area contributed by atoms with Crippen LogP contribution in [0.4, 0.5) is 0 Å². The number of benzene rings is 1. The fourth-order valence-corrected chi connectivity index (χ4v) is 2.39. The van der Waals surface area contributed by atoms with Crippen molar-refractivity contribution < 1.29 is 4.52 Å². The molecule has 0 bridgehead atoms. The molecule has 114 valence electrons. The fraction of sp³-hybridized carbons (Fsp3) is 0.375. The molecule has 2 aromatic heterocycles. The second kappa shape index (κ2) is 5.36. The first kappa shape index (κ1) is 14.4. The third-order valence-electron chi connectivity index (χ3n) is 3.77. The van der Waals surface area contributed by atoms with Crippen molar-refractivity contribution in [1.29, 1.82) is 0 Å². The van der Waals surface area contributed by atoms with Crippen LogP contribution in [0, 0.1) is 6.92 Å². The van der Waals surface area contributed by atoms with Crippen LogP contribution in [0.15, 0.2) is 33.8 Å². The predicted molar refractivity (Wildman–Crippen MR) is 82.9 cm³/mol. The maximum absolute atomic E-state index is 12.7. The van der Waals surface area contributed by atoms with Crippen LogP contribution in [0.2, 0.25) is 0 Å². The monoisotopic (exact) mass is 298 g/mol. The zero-order valence-electron chi connectivity index (χ0n) is 13.1. The number of rotatable bonds is 3. The first-order valence-electron chi connectivity index (χ1n) is 7.29. The molecular formula is C16H18N4O2. The lowest BCUT2D eigenvalue weighted by molar-refractivity contribution is 0.338. The highest BCUT2D eigenvalue weighted by Gasteiger charge is 2.19. The van der Waals surface area contributed by atoms with E-state index in [1.54, 1.807) is 0 Å². The summed E-state index contributed by atoms with van der Waals surface area (Å²) >= 11 is 0. The molecule has 0 radical (unpaired) electrons. The average molecular weight is 298 g/mol. The second-order valence-corrected chi connectivity index (χ2v) is 5.75. The molecule has 6 nitrogen and oxygen atoms in total. The molecule has 0 N–H and O–H groups in total. The minimum absolute atomic E-state index is 0.0973. The molecule has 0 fully saturated rings. The van der Waals surface area contributed by atoms with E-state index in [-0.39, 0.29) is 17.5 Å². The van der Waals surface area contributed by atoms with Gasteiger partial charge in [-0.05, 0) is 25.5 Å². The van der Waals surface area contributed by atoms with Gasteiger partial charge in [-0.15, -0.1) is 0 Å². The van der Waals surface area contributed by atoms with Crippen molar-refractivity contribution in [2.24, 2.45) is 0 Å². The van der Waals surface area contributed by atoms with Crippen LogP contribution in [0.3, 0.4) is 0 Å². The smallest absolute Gasteiger partial charge is 0.262 e. The largest absolute Gasteiger partial charge is 0.337 e. The number of aryl methyl sites for hydroxylation is 1. The van der Waals surface area contributed by atoms with Gasteiger partial charge in [-0.2, -0.15) is 4.98 Å². The summed E-state index contributed by atoms with van der Waals surface area (Å²) in [4.78, 5) is 21.5. The van der Waals surface area contributed by atoms with Crippen LogP contribution in [0.1, 0.15) is 50.0 Å². The van der Waals surface area contributed by atoms with Gasteiger partial charge < -0.3 is 4.52 Å². The van der Waals surface area contributed by atoms with Crippen LogP contribution in [0.5, 0.6) is 0 Å². The lowest BCUT2D eigenvalue weighted by Crippen LogP contribution is -2.25. The maximum atomic E-state index is 12.7. The highest BCUT2D eigenvalue weighted by molar-refractivity contribution is 5.80. The topological polar surface area (TPSA) is 73.8 Å². The van der Waals surface area contributed by atoms with E-state index < -0.39 is 0 Å². The van der Waals surface area contributed by atoms with Crippen LogP contribution in [0.25, 0.3) is 10.9 Å². The highest BCUT2D eigenvalue weighted by atomic mass is 16.5. The number of hydrogen-bond donors (Lipinski definition) is 0. The van der Waals surface area contributed by atoms with Gasteiger partial charge in [0.15, 0.2) is 5.82 Å². The average Bonchev–Trinajstić information content (AvgIpc) is 2.97. The SMILES string of the molecule is Cc1cccc2ncn(C(C)c3nc(C(C)C)no3)c(=O)c12. The normalized spacial score (nSPS) is 13.0. The first-order chi connectivity index (χ1) is 10.5. The van der Waals surface area contributed by atoms with E-state index in [2.05, 4.69) is 15.1 Å². The standard InChI is InChI=1S/C16H18N4O2/c1-9(2)14-18-15(22-19-14)11(4)20-8-17-12-7-5-6-10(3)13(12)16(20)21/h5-9,11H,1-4H3. The Morgan fingerprint density at radius 1 is 1.23 bits per heavy atom. The Kier molecular flexibility index (Phi) is 3.52. The van der Waals surface area contributed by atoms with Crippen LogP contribution in [-0.2, 0) is 0 Å². The van der Waals surface area contributed by atoms with Gasteiger partial charge >= 0.3 is 0 Å². The van der Waals surface area contributed by atoms with Gasteiger partial charge in [-0.25, -0.2) is 4.98 Å². The van der Waals surface area contributed by atoms with Crippen molar-refractivity contribution in [2.45, 2.75) is 39.7 Å². The zero-order chi connectivity index (χ0) is 15.9. The summed E-state index contributed by atoms with van der Waals surface area (Å²) in [6.45, 7) is 7.74. The van der Waals surface area contributed by atoms with E-state index in [9.17, 15) is 4.79 Å². The summed E-state index contributed by atoms with van der Waals surface area (Å²) in [7, 11) is 0. The third-order valence-corrected chi connectivity index (χ3v) is 3.77. The third kappa shape index (κ3) is 2.30. The minimum atomic E-state index is -0.357. The molecule has 0 saturated carbocycles. The van der Waals surface area contributed by atoms with Gasteiger partial charge in [0.2, 0.25) is 5.89 Å². The Morgan fingerprint density at radius 2 is 2.00 bits per heavy atom. The van der Waals surface area contributed by atoms with Crippen molar-refractivity contribution in [2.75, 3.05) is 0 Å². The summed E-state index contributed by atoms with van der Waals surface area (Å²) in [5.41, 5.74) is 1.51. The van der Waals surface area contributed by atoms with E-state index in [1.807, 2.05) is 45.9 Å². The molecular weight excluding hydrogens is 280 g/mol. The summed E-state index contributed by atoms with van der Waals surface area (Å²) in [6, 6.07) is 5.28. The van der Waals surface area contributed by atoms with Gasteiger partial charge in [0, 0.05) is 5.92 Å². The summed E-state index contributed by atoms with van der Waals surface area (Å²) < 4.78 is 6.83. The Bertz CT molecular complexity index is 879. The number of aromatic nitrogens is 4. The van der Waals surface area contributed by atoms with Gasteiger partial charge in [-0.1, -0.05) is 31.1 Å².